The third-order valence-corrected chi connectivity index (χ3v) is 10.4. The number of thioether (sulfide) groups is 1. The summed E-state index contributed by atoms with van der Waals surface area (Å²) in [5, 5.41) is 2.21. The van der Waals surface area contributed by atoms with Crippen molar-refractivity contribution < 1.29 is 55.5 Å². The Labute approximate surface area is 273 Å². The maximum atomic E-state index is 11.1. The van der Waals surface area contributed by atoms with Crippen LogP contribution in [-0.4, -0.2) is 44.0 Å². The number of hydrogen-bond donors (Lipinski definition) is 1. The molecule has 214 valence electrons. The van der Waals surface area contributed by atoms with Crippen molar-refractivity contribution in [1.82, 2.24) is 0 Å². The number of aryl methyl sites for hydroxylation is 1. The summed E-state index contributed by atoms with van der Waals surface area (Å²) in [5.74, 6) is -0.577. The van der Waals surface area contributed by atoms with E-state index in [2.05, 4.69) is 47.4 Å². The van der Waals surface area contributed by atoms with Crippen molar-refractivity contribution in [3.05, 3.63) is 87.8 Å². The standard InChI is InChI=1S/C29H33NO6S4.Na/c1-22(15-17-27-24(11-6-8-20-39(31,32)33)23-10-2-4-13-26(23)37-27)16-18-29-30(19-7-9-21-40(34,35)36)25-12-3-5-14-28(25)38-29;/h2-5,10,12-18H,6-9,11,19-21H2,1H3,(H,31,32,33)(H,34,35,36);/q;+1/p-1/b17-15+,22-16+,29-18-;. The number of anilines is 1. The second-order valence-electron chi connectivity index (χ2n) is 9.62. The van der Waals surface area contributed by atoms with Crippen LogP contribution in [0.3, 0.4) is 0 Å². The topological polar surface area (TPSA) is 115 Å². The van der Waals surface area contributed by atoms with E-state index in [1.54, 1.807) is 23.1 Å². The van der Waals surface area contributed by atoms with E-state index in [9.17, 15) is 21.4 Å². The number of fused-ring (bicyclic) bond motifs is 2. The van der Waals surface area contributed by atoms with Gasteiger partial charge in [0, 0.05) is 26.8 Å². The van der Waals surface area contributed by atoms with Crippen LogP contribution in [0, 0.1) is 0 Å². The average Bonchev–Trinajstić information content (AvgIpc) is 3.43. The molecule has 0 bridgehead atoms. The smallest absolute Gasteiger partial charge is 0.748 e. The zero-order valence-electron chi connectivity index (χ0n) is 23.2. The molecule has 0 radical (unpaired) electrons. The average molecular weight is 642 g/mol. The normalized spacial score (nSPS) is 15.1. The first kappa shape index (κ1) is 34.1. The first-order chi connectivity index (χ1) is 19.0. The summed E-state index contributed by atoms with van der Waals surface area (Å²) in [5.41, 5.74) is 3.32. The van der Waals surface area contributed by atoms with E-state index in [4.69, 9.17) is 4.55 Å². The maximum Gasteiger partial charge on any atom is 1.00 e. The summed E-state index contributed by atoms with van der Waals surface area (Å²) in [6, 6.07) is 16.3. The second kappa shape index (κ2) is 15.4. The molecule has 0 unspecified atom stereocenters. The molecule has 0 atom stereocenters. The molecule has 0 amide bonds. The van der Waals surface area contributed by atoms with Crippen molar-refractivity contribution in [2.45, 2.75) is 43.9 Å². The number of nitrogens with zero attached hydrogens (tertiary/aromatic N) is 1. The fraction of sp³-hybridized carbons (Fsp3) is 0.310. The van der Waals surface area contributed by atoms with Gasteiger partial charge in [0.05, 0.1) is 26.6 Å². The second-order valence-corrected chi connectivity index (χ2v) is 14.9. The third kappa shape index (κ3) is 10.4. The van der Waals surface area contributed by atoms with Crippen LogP contribution in [0.2, 0.25) is 0 Å². The van der Waals surface area contributed by atoms with Crippen LogP contribution in [0.25, 0.3) is 16.2 Å². The molecule has 0 aliphatic carbocycles. The molecule has 1 N–H and O–H groups in total. The minimum Gasteiger partial charge on any atom is -0.748 e. The van der Waals surface area contributed by atoms with Crippen molar-refractivity contribution in [3.63, 3.8) is 0 Å². The molecule has 2 heterocycles. The Bertz CT molecular complexity index is 1660. The SMILES string of the molecule is CC(/C=C/c1sc2ccccc2c1CCCCS(=O)(=O)O)=C\C=C1/Sc2ccccc2N1CCCCS(=O)(=O)[O-].[Na+]. The van der Waals surface area contributed by atoms with Crippen molar-refractivity contribution in [2.24, 2.45) is 0 Å². The predicted octanol–water partition coefficient (Wildman–Crippen LogP) is 3.85. The van der Waals surface area contributed by atoms with Gasteiger partial charge in [0.25, 0.3) is 10.1 Å². The fourth-order valence-electron chi connectivity index (χ4n) is 4.52. The number of rotatable bonds is 13. The van der Waals surface area contributed by atoms with Gasteiger partial charge < -0.3 is 9.45 Å². The molecule has 1 aliphatic rings. The molecule has 0 fully saturated rings. The number of hydrogen-bond acceptors (Lipinski definition) is 8. The molecule has 0 saturated heterocycles. The molecule has 3 aromatic rings. The Hall–Kier alpha value is -1.41. The fourth-order valence-corrected chi connectivity index (χ4v) is 7.89. The van der Waals surface area contributed by atoms with E-state index < -0.39 is 20.2 Å². The van der Waals surface area contributed by atoms with Gasteiger partial charge in [0.1, 0.15) is 0 Å². The summed E-state index contributed by atoms with van der Waals surface area (Å²) in [6.45, 7) is 2.65. The molecule has 41 heavy (non-hydrogen) atoms. The molecular formula is C29H32NNaO6S4. The first-order valence-electron chi connectivity index (χ1n) is 13.0. The van der Waals surface area contributed by atoms with Crippen LogP contribution >= 0.6 is 23.1 Å². The molecule has 12 heteroatoms. The van der Waals surface area contributed by atoms with Gasteiger partial charge in [-0.3, -0.25) is 4.55 Å². The van der Waals surface area contributed by atoms with Crippen molar-refractivity contribution in [1.29, 1.82) is 0 Å². The number of unbranched alkanes of at least 4 members (excludes halogenated alkanes) is 2. The quantitative estimate of drug-likeness (QED) is 0.130. The van der Waals surface area contributed by atoms with Crippen LogP contribution in [0.5, 0.6) is 0 Å². The zero-order valence-corrected chi connectivity index (χ0v) is 28.4. The van der Waals surface area contributed by atoms with Crippen molar-refractivity contribution in [3.8, 4) is 0 Å². The Morgan fingerprint density at radius 2 is 1.68 bits per heavy atom. The molecule has 2 aromatic carbocycles. The molecule has 1 aromatic heterocycles. The number of para-hydroxylation sites is 1. The summed E-state index contributed by atoms with van der Waals surface area (Å²) < 4.78 is 65.3. The van der Waals surface area contributed by atoms with E-state index in [-0.39, 0.29) is 41.1 Å². The first-order valence-corrected chi connectivity index (χ1v) is 17.8. The Balaban J connectivity index is 0.00000462. The van der Waals surface area contributed by atoms with Gasteiger partial charge in [-0.1, -0.05) is 59.8 Å². The molecule has 0 spiro atoms. The molecule has 0 saturated carbocycles. The Morgan fingerprint density at radius 1 is 0.976 bits per heavy atom. The van der Waals surface area contributed by atoms with Crippen molar-refractivity contribution in [2.75, 3.05) is 23.0 Å². The molecule has 7 nitrogen and oxygen atoms in total. The third-order valence-electron chi connectivity index (χ3n) is 6.46. The van der Waals surface area contributed by atoms with Crippen LogP contribution in [0.4, 0.5) is 5.69 Å². The Morgan fingerprint density at radius 3 is 2.44 bits per heavy atom. The Kier molecular flexibility index (Phi) is 12.8. The predicted molar refractivity (Wildman–Crippen MR) is 165 cm³/mol. The van der Waals surface area contributed by atoms with Crippen LogP contribution in [-0.2, 0) is 26.7 Å². The van der Waals surface area contributed by atoms with E-state index in [0.717, 1.165) is 32.5 Å². The van der Waals surface area contributed by atoms with Gasteiger partial charge in [-0.25, -0.2) is 8.42 Å². The van der Waals surface area contributed by atoms with Crippen LogP contribution in [0.1, 0.15) is 43.0 Å². The van der Waals surface area contributed by atoms with Gasteiger partial charge in [0.2, 0.25) is 0 Å². The van der Waals surface area contributed by atoms with E-state index in [0.29, 0.717) is 32.2 Å². The summed E-state index contributed by atoms with van der Waals surface area (Å²) in [7, 11) is -8.16. The maximum absolute atomic E-state index is 11.1. The van der Waals surface area contributed by atoms with E-state index in [1.807, 2.05) is 37.3 Å². The van der Waals surface area contributed by atoms with Gasteiger partial charge in [-0.2, -0.15) is 8.42 Å². The van der Waals surface area contributed by atoms with Gasteiger partial charge in [-0.15, -0.1) is 11.3 Å². The number of allylic oxidation sites excluding steroid dienone is 4. The van der Waals surface area contributed by atoms with Crippen LogP contribution < -0.4 is 34.5 Å². The summed E-state index contributed by atoms with van der Waals surface area (Å²) in [6.07, 6.45) is 11.0. The van der Waals surface area contributed by atoms with E-state index in [1.165, 1.54) is 15.6 Å². The van der Waals surface area contributed by atoms with Gasteiger partial charge in [-0.05, 0) is 80.3 Å². The molecule has 1 aliphatic heterocycles. The van der Waals surface area contributed by atoms with Crippen molar-refractivity contribution >= 4 is 65.2 Å². The minimum atomic E-state index is -4.21. The van der Waals surface area contributed by atoms with Gasteiger partial charge >= 0.3 is 29.6 Å². The summed E-state index contributed by atoms with van der Waals surface area (Å²) >= 11 is 3.37. The zero-order chi connectivity index (χ0) is 28.8. The largest absolute Gasteiger partial charge is 1.00 e. The number of thiophene rings is 1. The summed E-state index contributed by atoms with van der Waals surface area (Å²) in [4.78, 5) is 4.43. The van der Waals surface area contributed by atoms with Gasteiger partial charge in [0.15, 0.2) is 0 Å². The number of benzene rings is 2. The minimum absolute atomic E-state index is 0. The molecule has 4 rings (SSSR count). The van der Waals surface area contributed by atoms with Crippen LogP contribution in [0.15, 0.2) is 82.3 Å². The molecular weight excluding hydrogens is 610 g/mol. The van der Waals surface area contributed by atoms with E-state index >= 15 is 0 Å². The monoisotopic (exact) mass is 641 g/mol.